The number of nitrogens with two attached hydrogens (primary N) is 1. The minimum absolute atomic E-state index is 0.158. The van der Waals surface area contributed by atoms with E-state index in [1.54, 1.807) is 0 Å². The summed E-state index contributed by atoms with van der Waals surface area (Å²) in [5.41, 5.74) is 6.44. The van der Waals surface area contributed by atoms with Crippen LogP contribution in [0.1, 0.15) is 5.56 Å². The van der Waals surface area contributed by atoms with Crippen molar-refractivity contribution < 1.29 is 19.4 Å². The van der Waals surface area contributed by atoms with Crippen molar-refractivity contribution in [2.75, 3.05) is 19.6 Å². The first-order valence-corrected chi connectivity index (χ1v) is 6.50. The van der Waals surface area contributed by atoms with Crippen LogP contribution in [0.3, 0.4) is 0 Å². The monoisotopic (exact) mass is 278 g/mol. The number of likely N-dealkylation sites (tertiary alicyclic amines) is 1. The zero-order chi connectivity index (χ0) is 14.5. The third kappa shape index (κ3) is 3.27. The van der Waals surface area contributed by atoms with Crippen LogP contribution in [-0.2, 0) is 16.1 Å². The predicted octanol–water partition coefficient (Wildman–Crippen LogP) is 0.914. The van der Waals surface area contributed by atoms with Crippen molar-refractivity contribution in [2.24, 2.45) is 17.6 Å². The molecule has 1 amide bonds. The Balaban J connectivity index is 1.89. The first-order chi connectivity index (χ1) is 9.61. The number of amides is 1. The van der Waals surface area contributed by atoms with E-state index < -0.39 is 18.0 Å². The first kappa shape index (κ1) is 14.3. The molecule has 0 spiro atoms. The molecule has 1 aliphatic rings. The lowest BCUT2D eigenvalue weighted by Crippen LogP contribution is -2.30. The number of carboxylic acid groups (broad SMARTS) is 1. The van der Waals surface area contributed by atoms with E-state index in [-0.39, 0.29) is 25.6 Å². The summed E-state index contributed by atoms with van der Waals surface area (Å²) in [4.78, 5) is 24.4. The highest BCUT2D eigenvalue weighted by Gasteiger charge is 2.39. The van der Waals surface area contributed by atoms with E-state index in [4.69, 9.17) is 15.6 Å². The van der Waals surface area contributed by atoms with Gasteiger partial charge < -0.3 is 20.5 Å². The molecule has 1 aromatic carbocycles. The first-order valence-electron chi connectivity index (χ1n) is 6.50. The number of hydrogen-bond acceptors (Lipinski definition) is 4. The van der Waals surface area contributed by atoms with Crippen LogP contribution in [0.15, 0.2) is 30.3 Å². The SMILES string of the molecule is NCC1CN(C(=O)OCc2ccccc2)CC1C(=O)O. The van der Waals surface area contributed by atoms with Gasteiger partial charge in [-0.1, -0.05) is 30.3 Å². The van der Waals surface area contributed by atoms with E-state index in [1.165, 1.54) is 4.90 Å². The molecule has 0 radical (unpaired) electrons. The standard InChI is InChI=1S/C14H18N2O4/c15-6-11-7-16(8-12(11)13(17)18)14(19)20-9-10-4-2-1-3-5-10/h1-5,11-12H,6-9,15H2,(H,17,18). The molecule has 1 aliphatic heterocycles. The molecule has 108 valence electrons. The van der Waals surface area contributed by atoms with E-state index in [0.717, 1.165) is 5.56 Å². The molecular formula is C14H18N2O4. The van der Waals surface area contributed by atoms with Gasteiger partial charge in [-0.15, -0.1) is 0 Å². The molecule has 2 atom stereocenters. The summed E-state index contributed by atoms with van der Waals surface area (Å²) in [5.74, 6) is -1.74. The van der Waals surface area contributed by atoms with E-state index in [2.05, 4.69) is 0 Å². The molecule has 0 saturated carbocycles. The minimum atomic E-state index is -0.918. The molecule has 6 nitrogen and oxygen atoms in total. The largest absolute Gasteiger partial charge is 0.481 e. The zero-order valence-electron chi connectivity index (χ0n) is 11.1. The topological polar surface area (TPSA) is 92.9 Å². The number of aliphatic carboxylic acids is 1. The van der Waals surface area contributed by atoms with Crippen LogP contribution >= 0.6 is 0 Å². The summed E-state index contributed by atoms with van der Waals surface area (Å²) in [7, 11) is 0. The van der Waals surface area contributed by atoms with Gasteiger partial charge in [-0.3, -0.25) is 4.79 Å². The van der Waals surface area contributed by atoms with E-state index in [9.17, 15) is 9.59 Å². The summed E-state index contributed by atoms with van der Waals surface area (Å²) in [6.07, 6.45) is -0.490. The lowest BCUT2D eigenvalue weighted by molar-refractivity contribution is -0.142. The smallest absolute Gasteiger partial charge is 0.410 e. The average molecular weight is 278 g/mol. The summed E-state index contributed by atoms with van der Waals surface area (Å²) in [6.45, 7) is 0.923. The number of rotatable bonds is 4. The maximum atomic E-state index is 11.9. The van der Waals surface area contributed by atoms with Gasteiger partial charge >= 0.3 is 12.1 Å². The molecule has 0 aromatic heterocycles. The van der Waals surface area contributed by atoms with Gasteiger partial charge in [0.05, 0.1) is 5.92 Å². The highest BCUT2D eigenvalue weighted by atomic mass is 16.6. The highest BCUT2D eigenvalue weighted by Crippen LogP contribution is 2.23. The summed E-state index contributed by atoms with van der Waals surface area (Å²) < 4.78 is 5.19. The molecule has 1 aromatic rings. The Morgan fingerprint density at radius 1 is 1.30 bits per heavy atom. The normalized spacial score (nSPS) is 21.8. The maximum Gasteiger partial charge on any atom is 0.410 e. The summed E-state index contributed by atoms with van der Waals surface area (Å²) in [5, 5.41) is 9.09. The number of nitrogens with zero attached hydrogens (tertiary/aromatic N) is 1. The van der Waals surface area contributed by atoms with E-state index >= 15 is 0 Å². The van der Waals surface area contributed by atoms with Crippen molar-refractivity contribution in [1.29, 1.82) is 0 Å². The fourth-order valence-electron chi connectivity index (χ4n) is 2.35. The van der Waals surface area contributed by atoms with Crippen molar-refractivity contribution in [1.82, 2.24) is 4.90 Å². The number of carboxylic acids is 1. The quantitative estimate of drug-likeness (QED) is 0.854. The van der Waals surface area contributed by atoms with Crippen LogP contribution in [0.25, 0.3) is 0 Å². The Labute approximate surface area is 117 Å². The van der Waals surface area contributed by atoms with Crippen molar-refractivity contribution in [3.63, 3.8) is 0 Å². The van der Waals surface area contributed by atoms with Crippen molar-refractivity contribution >= 4 is 12.1 Å². The number of carbonyl (C=O) groups is 2. The van der Waals surface area contributed by atoms with Gasteiger partial charge in [-0.25, -0.2) is 4.79 Å². The van der Waals surface area contributed by atoms with Crippen molar-refractivity contribution in [3.05, 3.63) is 35.9 Å². The minimum Gasteiger partial charge on any atom is -0.481 e. The Bertz CT molecular complexity index is 477. The zero-order valence-corrected chi connectivity index (χ0v) is 11.1. The third-order valence-electron chi connectivity index (χ3n) is 3.52. The number of ether oxygens (including phenoxy) is 1. The molecular weight excluding hydrogens is 260 g/mol. The number of benzene rings is 1. The van der Waals surface area contributed by atoms with Gasteiger partial charge in [0, 0.05) is 19.0 Å². The molecule has 1 saturated heterocycles. The summed E-state index contributed by atoms with van der Waals surface area (Å²) >= 11 is 0. The maximum absolute atomic E-state index is 11.9. The Morgan fingerprint density at radius 2 is 2.00 bits per heavy atom. The lowest BCUT2D eigenvalue weighted by Gasteiger charge is -2.15. The van der Waals surface area contributed by atoms with Crippen molar-refractivity contribution in [2.45, 2.75) is 6.61 Å². The van der Waals surface area contributed by atoms with Gasteiger partial charge in [0.15, 0.2) is 0 Å². The van der Waals surface area contributed by atoms with Crippen LogP contribution < -0.4 is 5.73 Å². The molecule has 6 heteroatoms. The summed E-state index contributed by atoms with van der Waals surface area (Å²) in [6, 6.07) is 9.34. The highest BCUT2D eigenvalue weighted by molar-refractivity contribution is 5.74. The van der Waals surface area contributed by atoms with E-state index in [0.29, 0.717) is 6.54 Å². The molecule has 2 rings (SSSR count). The fraction of sp³-hybridized carbons (Fsp3) is 0.429. The molecule has 1 fully saturated rings. The van der Waals surface area contributed by atoms with Gasteiger partial charge in [-0.2, -0.15) is 0 Å². The van der Waals surface area contributed by atoms with E-state index in [1.807, 2.05) is 30.3 Å². The second-order valence-corrected chi connectivity index (χ2v) is 4.89. The van der Waals surface area contributed by atoms with Crippen LogP contribution in [-0.4, -0.2) is 41.7 Å². The van der Waals surface area contributed by atoms with Crippen LogP contribution in [0.4, 0.5) is 4.79 Å². The van der Waals surface area contributed by atoms with Gasteiger partial charge in [0.2, 0.25) is 0 Å². The van der Waals surface area contributed by atoms with Crippen molar-refractivity contribution in [3.8, 4) is 0 Å². The van der Waals surface area contributed by atoms with Gasteiger partial charge in [0.25, 0.3) is 0 Å². The fourth-order valence-corrected chi connectivity index (χ4v) is 2.35. The average Bonchev–Trinajstić information content (AvgIpc) is 2.90. The number of carbonyl (C=O) groups excluding carboxylic acids is 1. The Kier molecular flexibility index (Phi) is 4.57. The van der Waals surface area contributed by atoms with Crippen LogP contribution in [0, 0.1) is 11.8 Å². The molecule has 20 heavy (non-hydrogen) atoms. The Hall–Kier alpha value is -2.08. The molecule has 0 bridgehead atoms. The molecule has 2 unspecified atom stereocenters. The predicted molar refractivity (Wildman–Crippen MR) is 71.9 cm³/mol. The second-order valence-electron chi connectivity index (χ2n) is 4.89. The third-order valence-corrected chi connectivity index (χ3v) is 3.52. The number of hydrogen-bond donors (Lipinski definition) is 2. The molecule has 1 heterocycles. The van der Waals surface area contributed by atoms with Crippen LogP contribution in [0.5, 0.6) is 0 Å². The Morgan fingerprint density at radius 3 is 2.55 bits per heavy atom. The van der Waals surface area contributed by atoms with Crippen LogP contribution in [0.2, 0.25) is 0 Å². The lowest BCUT2D eigenvalue weighted by atomic mass is 9.97. The van der Waals surface area contributed by atoms with Gasteiger partial charge in [0.1, 0.15) is 6.61 Å². The van der Waals surface area contributed by atoms with Gasteiger partial charge in [-0.05, 0) is 12.1 Å². The molecule has 0 aliphatic carbocycles. The molecule has 3 N–H and O–H groups in total. The second kappa shape index (κ2) is 6.38.